The molecule has 0 saturated heterocycles. The molecule has 0 N–H and O–H groups in total. The average molecular weight is 394 g/mol. The molecule has 0 saturated carbocycles. The molecule has 2 aromatic heterocycles. The number of carbonyl (C=O) groups is 1. The fourth-order valence-corrected chi connectivity index (χ4v) is 3.21. The van der Waals surface area contributed by atoms with Gasteiger partial charge in [0, 0.05) is 17.7 Å². The maximum absolute atomic E-state index is 13.6. The van der Waals surface area contributed by atoms with Gasteiger partial charge in [-0.3, -0.25) is 4.79 Å². The minimum atomic E-state index is -0.704. The summed E-state index contributed by atoms with van der Waals surface area (Å²) in [4.78, 5) is 28.5. The molecule has 134 valence electrons. The molecule has 9 heteroatoms. The number of halogens is 2. The quantitative estimate of drug-likeness (QED) is 0.491. The van der Waals surface area contributed by atoms with Crippen LogP contribution in [0.15, 0.2) is 35.1 Å². The van der Waals surface area contributed by atoms with E-state index in [-0.39, 0.29) is 22.8 Å². The highest BCUT2D eigenvalue weighted by Crippen LogP contribution is 2.20. The molecule has 2 heterocycles. The first kappa shape index (κ1) is 18.2. The van der Waals surface area contributed by atoms with E-state index in [1.54, 1.807) is 0 Å². The Morgan fingerprint density at radius 2 is 2.27 bits per heavy atom. The van der Waals surface area contributed by atoms with Crippen molar-refractivity contribution in [3.63, 3.8) is 0 Å². The van der Waals surface area contributed by atoms with Crippen LogP contribution in [0.2, 0.25) is 5.02 Å². The summed E-state index contributed by atoms with van der Waals surface area (Å²) in [5.41, 5.74) is 0.0679. The van der Waals surface area contributed by atoms with Crippen molar-refractivity contribution in [3.8, 4) is 0 Å². The van der Waals surface area contributed by atoms with Gasteiger partial charge in [0.15, 0.2) is 0 Å². The van der Waals surface area contributed by atoms with E-state index in [9.17, 15) is 14.0 Å². The number of hydrogen-bond acceptors (Lipinski definition) is 6. The summed E-state index contributed by atoms with van der Waals surface area (Å²) < 4.78 is 19.9. The summed E-state index contributed by atoms with van der Waals surface area (Å²) in [6.07, 6.45) is 3.00. The minimum Gasteiger partial charge on any atom is -0.456 e. The molecule has 3 rings (SSSR count). The third-order valence-electron chi connectivity index (χ3n) is 3.39. The number of ether oxygens (including phenoxy) is 1. The van der Waals surface area contributed by atoms with Gasteiger partial charge in [0.1, 0.15) is 17.4 Å². The molecule has 26 heavy (non-hydrogen) atoms. The predicted octanol–water partition coefficient (Wildman–Crippen LogP) is 3.26. The van der Waals surface area contributed by atoms with Gasteiger partial charge in [0.25, 0.3) is 5.56 Å². The molecule has 0 amide bonds. The zero-order valence-electron chi connectivity index (χ0n) is 13.6. The van der Waals surface area contributed by atoms with E-state index >= 15 is 0 Å². The Labute approximate surface area is 156 Å². The number of aryl methyl sites for hydroxylation is 1. The smallest absolute Gasteiger partial charge is 0.331 e. The summed E-state index contributed by atoms with van der Waals surface area (Å²) in [5.74, 6) is -1.25. The monoisotopic (exact) mass is 393 g/mol. The molecule has 0 atom stereocenters. The third-order valence-corrected chi connectivity index (χ3v) is 4.77. The van der Waals surface area contributed by atoms with E-state index in [1.807, 2.05) is 6.92 Å². The summed E-state index contributed by atoms with van der Waals surface area (Å²) >= 11 is 7.18. The van der Waals surface area contributed by atoms with Gasteiger partial charge >= 0.3 is 5.97 Å². The highest BCUT2D eigenvalue weighted by molar-refractivity contribution is 7.16. The number of rotatable bonds is 5. The zero-order chi connectivity index (χ0) is 18.7. The lowest BCUT2D eigenvalue weighted by Gasteiger charge is -2.02. The van der Waals surface area contributed by atoms with Crippen molar-refractivity contribution < 1.29 is 13.9 Å². The highest BCUT2D eigenvalue weighted by Gasteiger charge is 2.10. The van der Waals surface area contributed by atoms with Crippen molar-refractivity contribution in [1.82, 2.24) is 14.6 Å². The molecule has 3 aromatic rings. The lowest BCUT2D eigenvalue weighted by Crippen LogP contribution is -2.16. The van der Waals surface area contributed by atoms with Gasteiger partial charge in [-0.25, -0.2) is 14.2 Å². The Morgan fingerprint density at radius 1 is 1.46 bits per heavy atom. The van der Waals surface area contributed by atoms with Crippen LogP contribution < -0.4 is 5.56 Å². The number of hydrogen-bond donors (Lipinski definition) is 0. The zero-order valence-corrected chi connectivity index (χ0v) is 15.2. The Kier molecular flexibility index (Phi) is 5.43. The fraction of sp³-hybridized carbons (Fsp3) is 0.176. The number of esters is 1. The molecular formula is C17H13ClFN3O3S. The first-order valence-corrected chi connectivity index (χ1v) is 8.85. The summed E-state index contributed by atoms with van der Waals surface area (Å²) in [6, 6.07) is 5.48. The van der Waals surface area contributed by atoms with Gasteiger partial charge in [-0.1, -0.05) is 35.9 Å². The van der Waals surface area contributed by atoms with Crippen LogP contribution in [0, 0.1) is 5.82 Å². The molecule has 6 nitrogen and oxygen atoms in total. The standard InChI is InChI=1S/C17H13ClFN3O3S/c1-2-14-21-22-15(23)8-10(20-17(22)26-14)9-25-16(24)7-6-11-12(18)4-3-5-13(11)19/h3-8H,2,9H2,1H3/b7-6+. The lowest BCUT2D eigenvalue weighted by molar-refractivity contribution is -0.139. The molecule has 0 unspecified atom stereocenters. The maximum Gasteiger partial charge on any atom is 0.331 e. The minimum absolute atomic E-state index is 0.0978. The number of aromatic nitrogens is 3. The van der Waals surface area contributed by atoms with Crippen molar-refractivity contribution in [2.24, 2.45) is 0 Å². The first-order chi connectivity index (χ1) is 12.5. The maximum atomic E-state index is 13.6. The van der Waals surface area contributed by atoms with Crippen molar-refractivity contribution >= 4 is 39.9 Å². The molecule has 0 bridgehead atoms. The van der Waals surface area contributed by atoms with Gasteiger partial charge in [-0.05, 0) is 24.6 Å². The molecule has 0 fully saturated rings. The number of benzene rings is 1. The largest absolute Gasteiger partial charge is 0.456 e. The summed E-state index contributed by atoms with van der Waals surface area (Å²) in [7, 11) is 0. The molecule has 1 aromatic carbocycles. The number of carbonyl (C=O) groups excluding carboxylic acids is 1. The van der Waals surface area contributed by atoms with Gasteiger partial charge < -0.3 is 4.74 Å². The predicted molar refractivity (Wildman–Crippen MR) is 96.8 cm³/mol. The Bertz CT molecular complexity index is 1040. The third kappa shape index (κ3) is 3.97. The van der Waals surface area contributed by atoms with Gasteiger partial charge in [-0.2, -0.15) is 9.61 Å². The van der Waals surface area contributed by atoms with E-state index in [0.29, 0.717) is 17.1 Å². The van der Waals surface area contributed by atoms with Crippen LogP contribution in [0.25, 0.3) is 11.0 Å². The van der Waals surface area contributed by atoms with E-state index < -0.39 is 11.8 Å². The normalized spacial score (nSPS) is 11.3. The first-order valence-electron chi connectivity index (χ1n) is 7.65. The molecule has 0 radical (unpaired) electrons. The van der Waals surface area contributed by atoms with Crippen LogP contribution in [-0.2, 0) is 22.6 Å². The Balaban J connectivity index is 1.70. The lowest BCUT2D eigenvalue weighted by atomic mass is 10.2. The van der Waals surface area contributed by atoms with Gasteiger partial charge in [0.05, 0.1) is 10.7 Å². The van der Waals surface area contributed by atoms with E-state index in [4.69, 9.17) is 16.3 Å². The second kappa shape index (κ2) is 7.76. The molecule has 0 spiro atoms. The van der Waals surface area contributed by atoms with Gasteiger partial charge in [-0.15, -0.1) is 0 Å². The Hall–Kier alpha value is -2.58. The van der Waals surface area contributed by atoms with Crippen molar-refractivity contribution in [2.45, 2.75) is 20.0 Å². The number of fused-ring (bicyclic) bond motifs is 1. The molecule has 0 aliphatic carbocycles. The van der Waals surface area contributed by atoms with Crippen molar-refractivity contribution in [2.75, 3.05) is 0 Å². The average Bonchev–Trinajstić information content (AvgIpc) is 3.03. The highest BCUT2D eigenvalue weighted by atomic mass is 35.5. The molecule has 0 aliphatic rings. The summed E-state index contributed by atoms with van der Waals surface area (Å²) in [6.45, 7) is 1.75. The van der Waals surface area contributed by atoms with Crippen LogP contribution in [-0.4, -0.2) is 20.6 Å². The van der Waals surface area contributed by atoms with Crippen LogP contribution in [0.5, 0.6) is 0 Å². The SMILES string of the molecule is CCc1nn2c(=O)cc(COC(=O)/C=C/c3c(F)cccc3Cl)nc2s1. The van der Waals surface area contributed by atoms with Crippen molar-refractivity contribution in [1.29, 1.82) is 0 Å². The second-order valence-corrected chi connectivity index (χ2v) is 6.65. The van der Waals surface area contributed by atoms with Crippen molar-refractivity contribution in [3.05, 3.63) is 67.8 Å². The van der Waals surface area contributed by atoms with E-state index in [2.05, 4.69) is 10.1 Å². The van der Waals surface area contributed by atoms with Gasteiger partial charge in [0.2, 0.25) is 4.96 Å². The molecular weight excluding hydrogens is 381 g/mol. The van der Waals surface area contributed by atoms with Crippen LogP contribution >= 0.6 is 22.9 Å². The fourth-order valence-electron chi connectivity index (χ4n) is 2.13. The van der Waals surface area contributed by atoms with E-state index in [0.717, 1.165) is 11.1 Å². The van der Waals surface area contributed by atoms with E-state index in [1.165, 1.54) is 46.2 Å². The van der Waals surface area contributed by atoms with Crippen LogP contribution in [0.1, 0.15) is 23.2 Å². The Morgan fingerprint density at radius 3 is 3.00 bits per heavy atom. The topological polar surface area (TPSA) is 73.6 Å². The second-order valence-electron chi connectivity index (χ2n) is 5.21. The molecule has 0 aliphatic heterocycles. The van der Waals surface area contributed by atoms with Crippen LogP contribution in [0.3, 0.4) is 0 Å². The van der Waals surface area contributed by atoms with Crippen LogP contribution in [0.4, 0.5) is 4.39 Å². The summed E-state index contributed by atoms with van der Waals surface area (Å²) in [5, 5.41) is 5.11. The number of nitrogens with zero attached hydrogens (tertiary/aromatic N) is 3.